The molecule has 1 nitrogen and oxygen atoms in total. The van der Waals surface area contributed by atoms with Gasteiger partial charge in [-0.1, -0.05) is 31.2 Å². The van der Waals surface area contributed by atoms with Gasteiger partial charge in [0.05, 0.1) is 11.7 Å². The highest BCUT2D eigenvalue weighted by atomic mass is 16.5. The molecule has 2 aliphatic heterocycles. The molecule has 1 heteroatoms. The van der Waals surface area contributed by atoms with Crippen LogP contribution in [0.5, 0.6) is 0 Å². The van der Waals surface area contributed by atoms with Gasteiger partial charge in [-0.25, -0.2) is 0 Å². The summed E-state index contributed by atoms with van der Waals surface area (Å²) in [5.74, 6) is 1.67. The molecular formula is C16H22O. The summed E-state index contributed by atoms with van der Waals surface area (Å²) in [6, 6.07) is 0. The highest BCUT2D eigenvalue weighted by Crippen LogP contribution is 2.66. The van der Waals surface area contributed by atoms with Crippen molar-refractivity contribution in [1.82, 2.24) is 0 Å². The lowest BCUT2D eigenvalue weighted by Gasteiger charge is -2.41. The summed E-state index contributed by atoms with van der Waals surface area (Å²) in [6.07, 6.45) is 17.6. The molecule has 17 heavy (non-hydrogen) atoms. The zero-order chi connectivity index (χ0) is 11.5. The van der Waals surface area contributed by atoms with Gasteiger partial charge in [0.2, 0.25) is 0 Å². The van der Waals surface area contributed by atoms with E-state index in [1.165, 1.54) is 25.7 Å². The first-order valence-electron chi connectivity index (χ1n) is 7.21. The zero-order valence-electron chi connectivity index (χ0n) is 10.7. The number of ether oxygens (including phenoxy) is 1. The first-order chi connectivity index (χ1) is 8.24. The van der Waals surface area contributed by atoms with Crippen LogP contribution in [0.1, 0.15) is 45.4 Å². The summed E-state index contributed by atoms with van der Waals surface area (Å²) >= 11 is 0. The molecular weight excluding hydrogens is 208 g/mol. The molecule has 92 valence electrons. The van der Waals surface area contributed by atoms with Gasteiger partial charge in [-0.2, -0.15) is 0 Å². The average Bonchev–Trinajstić information content (AvgIpc) is 2.58. The molecule has 5 atom stereocenters. The number of fused-ring (bicyclic) bond motifs is 2. The second-order valence-corrected chi connectivity index (χ2v) is 6.82. The standard InChI is InChI=1S/C16H22O/c1-15-10-12-6-2-3-8-14(12)16(15)9-5-4-7-13(11-15)17-16/h2-5,12-14H,6-11H2,1H3/t12-,13-,14-,15-,16-/m1/s1. The van der Waals surface area contributed by atoms with E-state index in [0.717, 1.165) is 24.7 Å². The topological polar surface area (TPSA) is 9.23 Å². The highest BCUT2D eigenvalue weighted by Gasteiger charge is 2.66. The third kappa shape index (κ3) is 1.19. The minimum absolute atomic E-state index is 0.181. The van der Waals surface area contributed by atoms with Crippen LogP contribution in [-0.2, 0) is 4.74 Å². The fourth-order valence-electron chi connectivity index (χ4n) is 5.28. The lowest BCUT2D eigenvalue weighted by molar-refractivity contribution is -0.0976. The predicted octanol–water partition coefficient (Wildman–Crippen LogP) is 3.86. The van der Waals surface area contributed by atoms with Crippen LogP contribution < -0.4 is 0 Å². The van der Waals surface area contributed by atoms with Crippen LogP contribution in [0, 0.1) is 17.3 Å². The van der Waals surface area contributed by atoms with Gasteiger partial charge in [-0.15, -0.1) is 0 Å². The summed E-state index contributed by atoms with van der Waals surface area (Å²) < 4.78 is 6.61. The van der Waals surface area contributed by atoms with Crippen molar-refractivity contribution in [3.05, 3.63) is 24.3 Å². The van der Waals surface area contributed by atoms with E-state index < -0.39 is 0 Å². The van der Waals surface area contributed by atoms with Crippen LogP contribution in [0.4, 0.5) is 0 Å². The Bertz CT molecular complexity index is 396. The first-order valence-corrected chi connectivity index (χ1v) is 7.21. The lowest BCUT2D eigenvalue weighted by atomic mass is 9.68. The van der Waals surface area contributed by atoms with Crippen molar-refractivity contribution >= 4 is 0 Å². The maximum absolute atomic E-state index is 6.61. The molecule has 1 spiro atoms. The average molecular weight is 230 g/mol. The van der Waals surface area contributed by atoms with Crippen molar-refractivity contribution in [2.75, 3.05) is 0 Å². The summed E-state index contributed by atoms with van der Waals surface area (Å²) in [7, 11) is 0. The maximum Gasteiger partial charge on any atom is 0.0808 e. The zero-order valence-corrected chi connectivity index (χ0v) is 10.7. The summed E-state index contributed by atoms with van der Waals surface area (Å²) in [5.41, 5.74) is 0.629. The van der Waals surface area contributed by atoms with E-state index in [4.69, 9.17) is 4.74 Å². The third-order valence-electron chi connectivity index (χ3n) is 5.94. The Kier molecular flexibility index (Phi) is 1.99. The van der Waals surface area contributed by atoms with Gasteiger partial charge in [-0.05, 0) is 55.8 Å². The number of hydrogen-bond donors (Lipinski definition) is 0. The van der Waals surface area contributed by atoms with Gasteiger partial charge < -0.3 is 4.74 Å². The van der Waals surface area contributed by atoms with Gasteiger partial charge in [0.25, 0.3) is 0 Å². The van der Waals surface area contributed by atoms with E-state index >= 15 is 0 Å². The van der Waals surface area contributed by atoms with Gasteiger partial charge >= 0.3 is 0 Å². The van der Waals surface area contributed by atoms with Crippen LogP contribution in [0.2, 0.25) is 0 Å². The van der Waals surface area contributed by atoms with Crippen LogP contribution in [0.15, 0.2) is 24.3 Å². The quantitative estimate of drug-likeness (QED) is 0.574. The molecule has 0 aromatic heterocycles. The largest absolute Gasteiger partial charge is 0.370 e. The molecule has 0 radical (unpaired) electrons. The summed E-state index contributed by atoms with van der Waals surface area (Å²) in [5, 5.41) is 0. The minimum Gasteiger partial charge on any atom is -0.370 e. The smallest absolute Gasteiger partial charge is 0.0808 e. The summed E-state index contributed by atoms with van der Waals surface area (Å²) in [6.45, 7) is 2.50. The van der Waals surface area contributed by atoms with Gasteiger partial charge in [-0.3, -0.25) is 0 Å². The molecule has 0 amide bonds. The Hall–Kier alpha value is -0.560. The van der Waals surface area contributed by atoms with Gasteiger partial charge in [0.1, 0.15) is 0 Å². The Morgan fingerprint density at radius 3 is 2.76 bits per heavy atom. The van der Waals surface area contributed by atoms with Crippen LogP contribution in [0.3, 0.4) is 0 Å². The van der Waals surface area contributed by atoms with E-state index in [9.17, 15) is 0 Å². The van der Waals surface area contributed by atoms with E-state index in [0.29, 0.717) is 11.5 Å². The SMILES string of the molecule is C[C@@]12C[C@H]3CC=CC[C@@]1(O3)[C@@H]1CC=CC[C@@H]1C2. The molecule has 2 bridgehead atoms. The van der Waals surface area contributed by atoms with Crippen molar-refractivity contribution in [3.8, 4) is 0 Å². The van der Waals surface area contributed by atoms with E-state index in [-0.39, 0.29) is 5.60 Å². The van der Waals surface area contributed by atoms with Crippen LogP contribution in [-0.4, -0.2) is 11.7 Å². The molecule has 1 saturated heterocycles. The molecule has 4 rings (SSSR count). The molecule has 2 fully saturated rings. The van der Waals surface area contributed by atoms with E-state index in [2.05, 4.69) is 31.2 Å². The maximum atomic E-state index is 6.61. The molecule has 4 aliphatic rings. The van der Waals surface area contributed by atoms with Crippen molar-refractivity contribution in [2.24, 2.45) is 17.3 Å². The van der Waals surface area contributed by atoms with Crippen molar-refractivity contribution < 1.29 is 4.74 Å². The summed E-state index contributed by atoms with van der Waals surface area (Å²) in [4.78, 5) is 0. The van der Waals surface area contributed by atoms with Crippen molar-refractivity contribution in [1.29, 1.82) is 0 Å². The monoisotopic (exact) mass is 230 g/mol. The van der Waals surface area contributed by atoms with Crippen molar-refractivity contribution in [2.45, 2.75) is 57.2 Å². The fraction of sp³-hybridized carbons (Fsp3) is 0.750. The third-order valence-corrected chi connectivity index (χ3v) is 5.94. The molecule has 1 saturated carbocycles. The van der Waals surface area contributed by atoms with Crippen LogP contribution >= 0.6 is 0 Å². The molecule has 0 unspecified atom stereocenters. The Balaban J connectivity index is 1.80. The molecule has 0 aromatic carbocycles. The number of allylic oxidation sites excluding steroid dienone is 2. The normalized spacial score (nSPS) is 55.5. The predicted molar refractivity (Wildman–Crippen MR) is 68.7 cm³/mol. The van der Waals surface area contributed by atoms with Crippen molar-refractivity contribution in [3.63, 3.8) is 0 Å². The Labute approximate surface area is 104 Å². The molecule has 0 aromatic rings. The van der Waals surface area contributed by atoms with E-state index in [1.54, 1.807) is 0 Å². The molecule has 0 N–H and O–H groups in total. The Morgan fingerprint density at radius 2 is 1.82 bits per heavy atom. The second-order valence-electron chi connectivity index (χ2n) is 6.82. The first kappa shape index (κ1) is 10.4. The van der Waals surface area contributed by atoms with Crippen LogP contribution in [0.25, 0.3) is 0 Å². The number of rotatable bonds is 0. The van der Waals surface area contributed by atoms with E-state index in [1.807, 2.05) is 0 Å². The highest BCUT2D eigenvalue weighted by molar-refractivity contribution is 5.21. The fourth-order valence-corrected chi connectivity index (χ4v) is 5.28. The molecule has 2 heterocycles. The van der Waals surface area contributed by atoms with Gasteiger partial charge in [0, 0.05) is 0 Å². The Morgan fingerprint density at radius 1 is 1.00 bits per heavy atom. The van der Waals surface area contributed by atoms with Gasteiger partial charge in [0.15, 0.2) is 0 Å². The number of hydrogen-bond acceptors (Lipinski definition) is 1. The molecule has 2 aliphatic carbocycles. The second kappa shape index (κ2) is 3.26. The lowest BCUT2D eigenvalue weighted by Crippen LogP contribution is -2.44. The minimum atomic E-state index is 0.181.